The Labute approximate surface area is 49.5 Å². The molecule has 0 aromatic carbocycles. The van der Waals surface area contributed by atoms with Crippen LogP contribution < -0.4 is 0 Å². The zero-order chi connectivity index (χ0) is 5.70. The monoisotopic (exact) mass is 117 g/mol. The zero-order valence-corrected chi connectivity index (χ0v) is 5.66. The van der Waals surface area contributed by atoms with Gasteiger partial charge in [0, 0.05) is 5.75 Å². The molecule has 0 aromatic rings. The average Bonchev–Trinajstić information content (AvgIpc) is 1.61. The van der Waals surface area contributed by atoms with Gasteiger partial charge in [-0.25, -0.2) is 0 Å². The second-order valence-electron chi connectivity index (χ2n) is 1.40. The summed E-state index contributed by atoms with van der Waals surface area (Å²) in [6, 6.07) is 0. The van der Waals surface area contributed by atoms with E-state index < -0.39 is 0 Å². The number of nitrogens with zero attached hydrogens (tertiary/aromatic N) is 1. The second kappa shape index (κ2) is 4.22. The van der Waals surface area contributed by atoms with Gasteiger partial charge in [0.1, 0.15) is 0 Å². The predicted octanol–water partition coefficient (Wildman–Crippen LogP) is 1.38. The van der Waals surface area contributed by atoms with Crippen LogP contribution in [-0.2, 0) is 0 Å². The molecule has 0 aliphatic carbocycles. The van der Waals surface area contributed by atoms with Crippen LogP contribution in [0.25, 0.3) is 0 Å². The normalized spacial score (nSPS) is 9.57. The fraction of sp³-hybridized carbons (Fsp3) is 0.600. The maximum absolute atomic E-state index is 3.59. The van der Waals surface area contributed by atoms with Gasteiger partial charge in [-0.2, -0.15) is 0 Å². The van der Waals surface area contributed by atoms with Crippen molar-refractivity contribution in [2.24, 2.45) is 0 Å². The van der Waals surface area contributed by atoms with Gasteiger partial charge in [-0.3, -0.25) is 4.31 Å². The summed E-state index contributed by atoms with van der Waals surface area (Å²) in [5.41, 5.74) is 0. The van der Waals surface area contributed by atoms with Gasteiger partial charge in [-0.05, 0) is 14.1 Å². The van der Waals surface area contributed by atoms with Crippen LogP contribution in [0.2, 0.25) is 0 Å². The summed E-state index contributed by atoms with van der Waals surface area (Å²) < 4.78 is 2.06. The van der Waals surface area contributed by atoms with Gasteiger partial charge in [-0.15, -0.1) is 6.58 Å². The van der Waals surface area contributed by atoms with Gasteiger partial charge in [0.05, 0.1) is 0 Å². The summed E-state index contributed by atoms with van der Waals surface area (Å²) in [5.74, 6) is 1.01. The van der Waals surface area contributed by atoms with E-state index in [0.717, 1.165) is 5.75 Å². The Morgan fingerprint density at radius 1 is 1.71 bits per heavy atom. The van der Waals surface area contributed by atoms with Crippen molar-refractivity contribution >= 4 is 11.9 Å². The van der Waals surface area contributed by atoms with E-state index in [9.17, 15) is 0 Å². The highest BCUT2D eigenvalue weighted by atomic mass is 32.2. The van der Waals surface area contributed by atoms with Crippen molar-refractivity contribution in [2.45, 2.75) is 0 Å². The maximum Gasteiger partial charge on any atom is 0.0258 e. The van der Waals surface area contributed by atoms with E-state index in [4.69, 9.17) is 0 Å². The Hall–Kier alpha value is 0.0500. The van der Waals surface area contributed by atoms with Gasteiger partial charge in [0.25, 0.3) is 0 Å². The van der Waals surface area contributed by atoms with Crippen LogP contribution in [0.1, 0.15) is 0 Å². The molecule has 0 saturated carbocycles. The van der Waals surface area contributed by atoms with Crippen LogP contribution in [0.5, 0.6) is 0 Å². The van der Waals surface area contributed by atoms with Gasteiger partial charge in [-0.1, -0.05) is 18.0 Å². The van der Waals surface area contributed by atoms with Crippen molar-refractivity contribution in [3.05, 3.63) is 12.7 Å². The minimum atomic E-state index is 1.01. The minimum Gasteiger partial charge on any atom is -0.257 e. The molecule has 0 unspecified atom stereocenters. The van der Waals surface area contributed by atoms with E-state index >= 15 is 0 Å². The molecule has 0 aliphatic rings. The molecule has 2 heteroatoms. The molecule has 0 amide bonds. The largest absolute Gasteiger partial charge is 0.257 e. The van der Waals surface area contributed by atoms with Crippen LogP contribution in [0.15, 0.2) is 12.7 Å². The highest BCUT2D eigenvalue weighted by Gasteiger charge is 1.81. The highest BCUT2D eigenvalue weighted by molar-refractivity contribution is 7.97. The third-order valence-electron chi connectivity index (χ3n) is 0.451. The first-order valence-electron chi connectivity index (χ1n) is 2.18. The Balaban J connectivity index is 2.81. The minimum absolute atomic E-state index is 1.01. The molecule has 0 fully saturated rings. The van der Waals surface area contributed by atoms with Gasteiger partial charge in [0.2, 0.25) is 0 Å². The first-order valence-corrected chi connectivity index (χ1v) is 3.12. The molecule has 0 rings (SSSR count). The lowest BCUT2D eigenvalue weighted by atomic mass is 10.8. The van der Waals surface area contributed by atoms with E-state index in [-0.39, 0.29) is 0 Å². The van der Waals surface area contributed by atoms with E-state index in [1.165, 1.54) is 0 Å². The first kappa shape index (κ1) is 7.05. The molecule has 0 N–H and O–H groups in total. The van der Waals surface area contributed by atoms with Crippen LogP contribution in [0.4, 0.5) is 0 Å². The molecule has 7 heavy (non-hydrogen) atoms. The lowest BCUT2D eigenvalue weighted by molar-refractivity contribution is 0.704. The third-order valence-corrected chi connectivity index (χ3v) is 1.35. The molecular formula is C5H11NS. The highest BCUT2D eigenvalue weighted by Crippen LogP contribution is 2.00. The standard InChI is InChI=1S/C5H11NS/c1-4-5-7-6(2)3/h4H,1,5H2,2-3H3. The second-order valence-corrected chi connectivity index (χ2v) is 2.72. The van der Waals surface area contributed by atoms with Crippen molar-refractivity contribution in [3.63, 3.8) is 0 Å². The third kappa shape index (κ3) is 6.05. The summed E-state index contributed by atoms with van der Waals surface area (Å²) in [6.45, 7) is 3.59. The average molecular weight is 117 g/mol. The quantitative estimate of drug-likeness (QED) is 0.406. The fourth-order valence-electron chi connectivity index (χ4n) is 0.202. The lowest BCUT2D eigenvalue weighted by Gasteiger charge is -2.03. The van der Waals surface area contributed by atoms with Crippen LogP contribution in [0, 0.1) is 0 Å². The Morgan fingerprint density at radius 2 is 2.29 bits per heavy atom. The summed E-state index contributed by atoms with van der Waals surface area (Å²) in [4.78, 5) is 0. The summed E-state index contributed by atoms with van der Waals surface area (Å²) in [5, 5.41) is 0. The molecule has 0 spiro atoms. The molecular weight excluding hydrogens is 106 g/mol. The zero-order valence-electron chi connectivity index (χ0n) is 4.85. The molecule has 1 nitrogen and oxygen atoms in total. The Morgan fingerprint density at radius 3 is 2.43 bits per heavy atom. The molecule has 0 aromatic heterocycles. The predicted molar refractivity (Wildman–Crippen MR) is 36.3 cm³/mol. The Bertz CT molecular complexity index is 52.0. The molecule has 0 aliphatic heterocycles. The van der Waals surface area contributed by atoms with Crippen molar-refractivity contribution in [2.75, 3.05) is 19.8 Å². The van der Waals surface area contributed by atoms with Crippen molar-refractivity contribution in [1.82, 2.24) is 4.31 Å². The molecule has 0 bridgehead atoms. The van der Waals surface area contributed by atoms with E-state index in [2.05, 4.69) is 10.9 Å². The lowest BCUT2D eigenvalue weighted by Crippen LogP contribution is -1.98. The van der Waals surface area contributed by atoms with Crippen molar-refractivity contribution in [1.29, 1.82) is 0 Å². The van der Waals surface area contributed by atoms with Crippen LogP contribution in [-0.4, -0.2) is 24.2 Å². The molecule has 42 valence electrons. The van der Waals surface area contributed by atoms with Crippen LogP contribution in [0.3, 0.4) is 0 Å². The summed E-state index contributed by atoms with van der Waals surface area (Å²) >= 11 is 1.75. The van der Waals surface area contributed by atoms with E-state index in [1.54, 1.807) is 11.9 Å². The van der Waals surface area contributed by atoms with Crippen molar-refractivity contribution < 1.29 is 0 Å². The SMILES string of the molecule is C=CCSN(C)C. The van der Waals surface area contributed by atoms with Crippen LogP contribution >= 0.6 is 11.9 Å². The molecule has 0 radical (unpaired) electrons. The first-order chi connectivity index (χ1) is 3.27. The van der Waals surface area contributed by atoms with E-state index in [1.807, 2.05) is 20.2 Å². The molecule has 0 saturated heterocycles. The van der Waals surface area contributed by atoms with Crippen molar-refractivity contribution in [3.8, 4) is 0 Å². The fourth-order valence-corrected chi connectivity index (χ4v) is 0.605. The van der Waals surface area contributed by atoms with Gasteiger partial charge >= 0.3 is 0 Å². The smallest absolute Gasteiger partial charge is 0.0258 e. The number of rotatable bonds is 3. The Kier molecular flexibility index (Phi) is 4.25. The summed E-state index contributed by atoms with van der Waals surface area (Å²) in [7, 11) is 4.04. The topological polar surface area (TPSA) is 3.24 Å². The number of hydrogen-bond acceptors (Lipinski definition) is 2. The van der Waals surface area contributed by atoms with E-state index in [0.29, 0.717) is 0 Å². The van der Waals surface area contributed by atoms with Gasteiger partial charge in [0.15, 0.2) is 0 Å². The number of hydrogen-bond donors (Lipinski definition) is 0. The summed E-state index contributed by atoms with van der Waals surface area (Å²) in [6.07, 6.45) is 1.89. The molecule has 0 atom stereocenters. The molecule has 0 heterocycles. The van der Waals surface area contributed by atoms with Gasteiger partial charge < -0.3 is 0 Å². The maximum atomic E-state index is 3.59.